The van der Waals surface area contributed by atoms with Crippen molar-refractivity contribution in [1.82, 2.24) is 23.8 Å². The highest BCUT2D eigenvalue weighted by atomic mass is 16.5. The number of methoxy groups -OCH3 is 2. The van der Waals surface area contributed by atoms with Crippen LogP contribution in [0.5, 0.6) is 11.5 Å². The number of fused-ring (bicyclic) bond motifs is 2. The molecule has 9 nitrogen and oxygen atoms in total. The predicted molar refractivity (Wildman–Crippen MR) is 170 cm³/mol. The van der Waals surface area contributed by atoms with Crippen LogP contribution in [0.2, 0.25) is 0 Å². The van der Waals surface area contributed by atoms with Gasteiger partial charge in [0, 0.05) is 42.9 Å². The average Bonchev–Trinajstić information content (AvgIpc) is 3.56. The molecule has 6 rings (SSSR count). The summed E-state index contributed by atoms with van der Waals surface area (Å²) in [5, 5.41) is 3.94. The number of nitrogens with one attached hydrogen (secondary N) is 1. The Bertz CT molecular complexity index is 1800. The Kier molecular flexibility index (Phi) is 7.83. The van der Waals surface area contributed by atoms with Gasteiger partial charge in [0.1, 0.15) is 23.0 Å². The van der Waals surface area contributed by atoms with Crippen LogP contribution in [0.15, 0.2) is 54.9 Å². The third-order valence-corrected chi connectivity index (χ3v) is 8.82. The van der Waals surface area contributed by atoms with Crippen LogP contribution in [0.25, 0.3) is 27.7 Å². The van der Waals surface area contributed by atoms with Crippen LogP contribution in [0.1, 0.15) is 53.6 Å². The molecule has 1 aliphatic rings. The lowest BCUT2D eigenvalue weighted by Crippen LogP contribution is -2.25. The quantitative estimate of drug-likeness (QED) is 0.232. The van der Waals surface area contributed by atoms with E-state index in [0.717, 1.165) is 70.2 Å². The maximum Gasteiger partial charge on any atom is 0.272 e. The molecule has 0 aliphatic heterocycles. The minimum Gasteiger partial charge on any atom is -0.496 e. The average molecular weight is 581 g/mol. The standard InChI is InChI=1S/C34H40N6O3/c1-21-32-31(37-33(40(32)17-16-35-21)23-12-10-22(11-13-23)20-38(2)3)24-14-15-26(30(18-24)43-6)36-34(41)28-19-25-27(39(28)4)8-7-9-29(25)42-5/h7-9,14-19,22-23H,10-13,20H2,1-6H3,(H,36,41). The summed E-state index contributed by atoms with van der Waals surface area (Å²) in [7, 11) is 9.44. The molecule has 5 aromatic rings. The Morgan fingerprint density at radius 3 is 2.53 bits per heavy atom. The Balaban J connectivity index is 1.31. The number of hydrogen-bond acceptors (Lipinski definition) is 6. The molecule has 1 amide bonds. The van der Waals surface area contributed by atoms with Crippen molar-refractivity contribution >= 4 is 28.0 Å². The molecule has 0 spiro atoms. The van der Waals surface area contributed by atoms with E-state index in [1.807, 2.05) is 73.4 Å². The van der Waals surface area contributed by atoms with Gasteiger partial charge in [0.2, 0.25) is 0 Å². The number of anilines is 1. The van der Waals surface area contributed by atoms with E-state index >= 15 is 0 Å². The maximum atomic E-state index is 13.5. The van der Waals surface area contributed by atoms with Crippen molar-refractivity contribution in [3.05, 3.63) is 72.1 Å². The van der Waals surface area contributed by atoms with Gasteiger partial charge in [-0.25, -0.2) is 4.98 Å². The van der Waals surface area contributed by atoms with Gasteiger partial charge in [-0.1, -0.05) is 12.1 Å². The molecule has 1 saturated carbocycles. The van der Waals surface area contributed by atoms with Crippen LogP contribution in [0.4, 0.5) is 5.69 Å². The summed E-state index contributed by atoms with van der Waals surface area (Å²) in [4.78, 5) is 25.6. The van der Waals surface area contributed by atoms with Crippen molar-refractivity contribution in [3.8, 4) is 22.8 Å². The van der Waals surface area contributed by atoms with Crippen LogP contribution >= 0.6 is 0 Å². The number of carbonyl (C=O) groups is 1. The van der Waals surface area contributed by atoms with Crippen LogP contribution in [0, 0.1) is 12.8 Å². The number of nitrogens with zero attached hydrogens (tertiary/aromatic N) is 5. The van der Waals surface area contributed by atoms with Gasteiger partial charge in [-0.05, 0) is 83.0 Å². The monoisotopic (exact) mass is 580 g/mol. The molecule has 43 heavy (non-hydrogen) atoms. The lowest BCUT2D eigenvalue weighted by atomic mass is 9.81. The molecular formula is C34H40N6O3. The summed E-state index contributed by atoms with van der Waals surface area (Å²) in [6.45, 7) is 3.17. The van der Waals surface area contributed by atoms with Crippen molar-refractivity contribution in [2.24, 2.45) is 13.0 Å². The molecular weight excluding hydrogens is 540 g/mol. The Hall–Kier alpha value is -4.37. The summed E-state index contributed by atoms with van der Waals surface area (Å²) in [6.07, 6.45) is 8.58. The van der Waals surface area contributed by atoms with E-state index in [2.05, 4.69) is 33.7 Å². The molecule has 0 radical (unpaired) electrons. The second kappa shape index (κ2) is 11.7. The summed E-state index contributed by atoms with van der Waals surface area (Å²) < 4.78 is 15.4. The molecule has 1 N–H and O–H groups in total. The molecule has 1 aliphatic carbocycles. The second-order valence-corrected chi connectivity index (χ2v) is 11.9. The fourth-order valence-corrected chi connectivity index (χ4v) is 6.69. The number of rotatable bonds is 8. The molecule has 0 unspecified atom stereocenters. The van der Waals surface area contributed by atoms with E-state index in [1.165, 1.54) is 12.8 Å². The van der Waals surface area contributed by atoms with Crippen molar-refractivity contribution in [3.63, 3.8) is 0 Å². The van der Waals surface area contributed by atoms with Crippen LogP contribution in [0.3, 0.4) is 0 Å². The Morgan fingerprint density at radius 1 is 1.05 bits per heavy atom. The van der Waals surface area contributed by atoms with Gasteiger partial charge >= 0.3 is 0 Å². The van der Waals surface area contributed by atoms with Crippen molar-refractivity contribution < 1.29 is 14.3 Å². The Labute approximate surface area is 252 Å². The first-order valence-electron chi connectivity index (χ1n) is 14.9. The molecule has 2 aromatic carbocycles. The smallest absolute Gasteiger partial charge is 0.272 e. The van der Waals surface area contributed by atoms with Gasteiger partial charge in [0.25, 0.3) is 5.91 Å². The van der Waals surface area contributed by atoms with Crippen LogP contribution < -0.4 is 14.8 Å². The largest absolute Gasteiger partial charge is 0.496 e. The third-order valence-electron chi connectivity index (χ3n) is 8.82. The fraction of sp³-hybridized carbons (Fsp3) is 0.382. The van der Waals surface area contributed by atoms with Crippen LogP contribution in [-0.2, 0) is 7.05 Å². The minimum atomic E-state index is -0.230. The first kappa shape index (κ1) is 28.7. The predicted octanol–water partition coefficient (Wildman–Crippen LogP) is 6.30. The van der Waals surface area contributed by atoms with E-state index in [-0.39, 0.29) is 5.91 Å². The van der Waals surface area contributed by atoms with Gasteiger partial charge < -0.3 is 24.3 Å². The van der Waals surface area contributed by atoms with E-state index in [0.29, 0.717) is 23.0 Å². The van der Waals surface area contributed by atoms with Gasteiger partial charge in [-0.15, -0.1) is 0 Å². The molecule has 0 bridgehead atoms. The van der Waals surface area contributed by atoms with Crippen LogP contribution in [-0.4, -0.2) is 64.6 Å². The molecule has 0 atom stereocenters. The molecule has 0 saturated heterocycles. The second-order valence-electron chi connectivity index (χ2n) is 11.9. The zero-order valence-electron chi connectivity index (χ0n) is 25.8. The van der Waals surface area contributed by atoms with Crippen molar-refractivity contribution in [2.75, 3.05) is 40.2 Å². The number of aryl methyl sites for hydroxylation is 2. The van der Waals surface area contributed by atoms with E-state index < -0.39 is 0 Å². The van der Waals surface area contributed by atoms with Crippen molar-refractivity contribution in [1.29, 1.82) is 0 Å². The van der Waals surface area contributed by atoms with E-state index in [4.69, 9.17) is 14.5 Å². The molecule has 1 fully saturated rings. The maximum absolute atomic E-state index is 13.5. The van der Waals surface area contributed by atoms with E-state index in [9.17, 15) is 4.79 Å². The zero-order valence-corrected chi connectivity index (χ0v) is 25.8. The van der Waals surface area contributed by atoms with E-state index in [1.54, 1.807) is 14.2 Å². The number of aromatic nitrogens is 4. The molecule has 3 heterocycles. The number of carbonyl (C=O) groups excluding carboxylic acids is 1. The van der Waals surface area contributed by atoms with Crippen molar-refractivity contribution in [2.45, 2.75) is 38.5 Å². The molecule has 9 heteroatoms. The Morgan fingerprint density at radius 2 is 1.81 bits per heavy atom. The first-order chi connectivity index (χ1) is 20.8. The SMILES string of the molecule is COc1cc(-c2nc(C3CCC(CN(C)C)CC3)n3ccnc(C)c23)ccc1NC(=O)c1cc2c(OC)cccc2n1C. The van der Waals surface area contributed by atoms with Gasteiger partial charge in [-0.2, -0.15) is 0 Å². The molecule has 224 valence electrons. The highest BCUT2D eigenvalue weighted by molar-refractivity contribution is 6.08. The summed E-state index contributed by atoms with van der Waals surface area (Å²) in [5.74, 6) is 3.31. The molecule has 3 aromatic heterocycles. The van der Waals surface area contributed by atoms with Gasteiger partial charge in [0.15, 0.2) is 0 Å². The first-order valence-corrected chi connectivity index (χ1v) is 14.9. The topological polar surface area (TPSA) is 85.9 Å². The lowest BCUT2D eigenvalue weighted by Gasteiger charge is -2.29. The number of hydrogen-bond donors (Lipinski definition) is 1. The highest BCUT2D eigenvalue weighted by Crippen LogP contribution is 2.40. The zero-order chi connectivity index (χ0) is 30.2. The lowest BCUT2D eigenvalue weighted by molar-refractivity contribution is 0.101. The normalized spacial score (nSPS) is 17.1. The number of imidazole rings is 1. The summed E-state index contributed by atoms with van der Waals surface area (Å²) in [5.41, 5.74) is 5.78. The summed E-state index contributed by atoms with van der Waals surface area (Å²) >= 11 is 0. The fourth-order valence-electron chi connectivity index (χ4n) is 6.69. The third kappa shape index (κ3) is 5.33. The highest BCUT2D eigenvalue weighted by Gasteiger charge is 2.28. The van der Waals surface area contributed by atoms with Gasteiger partial charge in [-0.3, -0.25) is 14.2 Å². The minimum absolute atomic E-state index is 0.230. The number of amides is 1. The summed E-state index contributed by atoms with van der Waals surface area (Å²) in [6, 6.07) is 13.5. The van der Waals surface area contributed by atoms with Gasteiger partial charge in [0.05, 0.1) is 42.3 Å². The number of ether oxygens (including phenoxy) is 2. The number of benzene rings is 2.